The van der Waals surface area contributed by atoms with Gasteiger partial charge >= 0.3 is 0 Å². The summed E-state index contributed by atoms with van der Waals surface area (Å²) in [4.78, 5) is 39.4. The normalized spacial score (nSPS) is 20.0. The van der Waals surface area contributed by atoms with E-state index in [0.29, 0.717) is 31.5 Å². The van der Waals surface area contributed by atoms with Crippen LogP contribution >= 0.6 is 0 Å². The van der Waals surface area contributed by atoms with Gasteiger partial charge in [0.1, 0.15) is 23.0 Å². The van der Waals surface area contributed by atoms with Crippen LogP contribution < -0.4 is 10.7 Å². The maximum atomic E-state index is 13.8. The van der Waals surface area contributed by atoms with Gasteiger partial charge in [0.2, 0.25) is 5.43 Å². The minimum atomic E-state index is -1.22. The van der Waals surface area contributed by atoms with Crippen molar-refractivity contribution in [3.63, 3.8) is 0 Å². The summed E-state index contributed by atoms with van der Waals surface area (Å²) in [6, 6.07) is 0.301. The van der Waals surface area contributed by atoms with Gasteiger partial charge in [0.25, 0.3) is 11.8 Å². The maximum Gasteiger partial charge on any atom is 0.274 e. The van der Waals surface area contributed by atoms with E-state index in [4.69, 9.17) is 0 Å². The van der Waals surface area contributed by atoms with E-state index in [0.717, 1.165) is 6.20 Å². The van der Waals surface area contributed by atoms with Crippen LogP contribution in [0.25, 0.3) is 0 Å². The summed E-state index contributed by atoms with van der Waals surface area (Å²) < 4.78 is 55.6. The van der Waals surface area contributed by atoms with Gasteiger partial charge in [-0.15, -0.1) is 0 Å². The molecule has 1 fully saturated rings. The lowest BCUT2D eigenvalue weighted by molar-refractivity contribution is 0.0651. The summed E-state index contributed by atoms with van der Waals surface area (Å²) in [5, 5.41) is 12.6. The van der Waals surface area contributed by atoms with Crippen molar-refractivity contribution in [2.45, 2.75) is 25.4 Å². The van der Waals surface area contributed by atoms with Crippen molar-refractivity contribution in [2.24, 2.45) is 5.92 Å². The second kappa shape index (κ2) is 8.29. The average molecular weight is 453 g/mol. The third kappa shape index (κ3) is 3.61. The number of carbonyl (C=O) groups is 2. The summed E-state index contributed by atoms with van der Waals surface area (Å²) in [5.41, 5.74) is -2.65. The number of hydrogen-bond acceptors (Lipinski definition) is 4. The molecule has 3 heterocycles. The van der Waals surface area contributed by atoms with Gasteiger partial charge in [-0.1, -0.05) is 0 Å². The van der Waals surface area contributed by atoms with Gasteiger partial charge in [-0.2, -0.15) is 0 Å². The molecule has 2 aliphatic rings. The number of benzene rings is 1. The number of hydrogen-bond donors (Lipinski definition) is 2. The Morgan fingerprint density at radius 2 is 1.88 bits per heavy atom. The number of aromatic hydroxyl groups is 1. The largest absolute Gasteiger partial charge is 0.503 e. The molecule has 1 saturated heterocycles. The summed E-state index contributed by atoms with van der Waals surface area (Å²) in [7, 11) is 0. The SMILES string of the molecule is O=C(NCc1c(F)cc(F)cc1F)c1cn2c(c(O)c1=O)C(=O)N1CCC[C@@H](CF)[C@@H]2C1. The lowest BCUT2D eigenvalue weighted by Crippen LogP contribution is -2.46. The van der Waals surface area contributed by atoms with Gasteiger partial charge in [-0.25, -0.2) is 13.2 Å². The molecule has 170 valence electrons. The first kappa shape index (κ1) is 21.8. The predicted molar refractivity (Wildman–Crippen MR) is 103 cm³/mol. The van der Waals surface area contributed by atoms with Crippen LogP contribution in [0.5, 0.6) is 5.75 Å². The molecule has 1 aromatic carbocycles. The van der Waals surface area contributed by atoms with Crippen molar-refractivity contribution in [2.75, 3.05) is 19.8 Å². The molecule has 7 nitrogen and oxygen atoms in total. The molecule has 32 heavy (non-hydrogen) atoms. The number of amides is 2. The average Bonchev–Trinajstić information content (AvgIpc) is 2.93. The van der Waals surface area contributed by atoms with Crippen LogP contribution in [0.2, 0.25) is 0 Å². The third-order valence-corrected chi connectivity index (χ3v) is 5.99. The Labute approximate surface area is 179 Å². The Morgan fingerprint density at radius 3 is 2.53 bits per heavy atom. The molecular formula is C21H19F4N3O4. The lowest BCUT2D eigenvalue weighted by Gasteiger charge is -2.36. The molecule has 2 atom stereocenters. The first-order chi connectivity index (χ1) is 15.2. The van der Waals surface area contributed by atoms with Gasteiger partial charge < -0.3 is 19.9 Å². The van der Waals surface area contributed by atoms with Crippen molar-refractivity contribution in [1.82, 2.24) is 14.8 Å². The van der Waals surface area contributed by atoms with Gasteiger partial charge in [0.05, 0.1) is 12.7 Å². The molecule has 0 spiro atoms. The number of nitrogens with zero attached hydrogens (tertiary/aromatic N) is 2. The molecule has 11 heteroatoms. The van der Waals surface area contributed by atoms with Gasteiger partial charge in [0.15, 0.2) is 11.4 Å². The quantitative estimate of drug-likeness (QED) is 0.695. The molecule has 0 radical (unpaired) electrons. The van der Waals surface area contributed by atoms with Crippen molar-refractivity contribution in [1.29, 1.82) is 0 Å². The third-order valence-electron chi connectivity index (χ3n) is 5.99. The van der Waals surface area contributed by atoms with Crippen molar-refractivity contribution < 1.29 is 32.3 Å². The van der Waals surface area contributed by atoms with Crippen molar-refractivity contribution >= 4 is 11.8 Å². The predicted octanol–water partition coefficient (Wildman–Crippen LogP) is 2.28. The maximum absolute atomic E-state index is 13.8. The number of aromatic nitrogens is 1. The van der Waals surface area contributed by atoms with Crippen molar-refractivity contribution in [3.8, 4) is 5.75 Å². The minimum absolute atomic E-state index is 0.162. The molecule has 0 aliphatic carbocycles. The van der Waals surface area contributed by atoms with Crippen LogP contribution in [0.1, 0.15) is 45.3 Å². The molecule has 2 amide bonds. The van der Waals surface area contributed by atoms with Crippen LogP contribution in [0.15, 0.2) is 23.1 Å². The van der Waals surface area contributed by atoms with Gasteiger partial charge in [0, 0.05) is 49.4 Å². The lowest BCUT2D eigenvalue weighted by atomic mass is 9.95. The fourth-order valence-corrected chi connectivity index (χ4v) is 4.29. The van der Waals surface area contributed by atoms with Crippen LogP contribution in [-0.4, -0.2) is 46.2 Å². The zero-order valence-corrected chi connectivity index (χ0v) is 16.7. The number of rotatable bonds is 4. The van der Waals surface area contributed by atoms with E-state index in [-0.39, 0.29) is 12.2 Å². The second-order valence-corrected chi connectivity index (χ2v) is 7.88. The standard InChI is InChI=1S/C21H19F4N3O4/c22-6-10-2-1-3-27-9-16(10)28-8-13(18(29)19(30)17(28)21(27)32)20(31)26-7-12-14(24)4-11(23)5-15(12)25/h4-5,8,10,16,30H,1-3,6-7,9H2,(H,26,31)/t10-,16-/m0/s1. The smallest absolute Gasteiger partial charge is 0.274 e. The number of pyridine rings is 1. The number of halogens is 4. The Hall–Kier alpha value is -3.37. The second-order valence-electron chi connectivity index (χ2n) is 7.88. The highest BCUT2D eigenvalue weighted by Gasteiger charge is 2.40. The molecule has 2 bridgehead atoms. The molecule has 1 aromatic heterocycles. The highest BCUT2D eigenvalue weighted by Crippen LogP contribution is 2.35. The minimum Gasteiger partial charge on any atom is -0.503 e. The van der Waals surface area contributed by atoms with E-state index >= 15 is 0 Å². The summed E-state index contributed by atoms with van der Waals surface area (Å²) >= 11 is 0. The van der Waals surface area contributed by atoms with Crippen molar-refractivity contribution in [3.05, 3.63) is 62.8 Å². The van der Waals surface area contributed by atoms with Crippen LogP contribution in [-0.2, 0) is 6.54 Å². The Bertz CT molecular complexity index is 1140. The van der Waals surface area contributed by atoms with Crippen LogP contribution in [0, 0.1) is 23.4 Å². The molecule has 2 aliphatic heterocycles. The Morgan fingerprint density at radius 1 is 1.19 bits per heavy atom. The van der Waals surface area contributed by atoms with Gasteiger partial charge in [-0.3, -0.25) is 18.8 Å². The van der Waals surface area contributed by atoms with E-state index in [9.17, 15) is 37.1 Å². The number of carbonyl (C=O) groups excluding carboxylic acids is 2. The van der Waals surface area contributed by atoms with E-state index < -0.39 is 76.8 Å². The number of nitrogens with one attached hydrogen (secondary N) is 1. The summed E-state index contributed by atoms with van der Waals surface area (Å²) in [6.45, 7) is -0.863. The highest BCUT2D eigenvalue weighted by molar-refractivity contribution is 5.99. The first-order valence-corrected chi connectivity index (χ1v) is 9.97. The highest BCUT2D eigenvalue weighted by atomic mass is 19.1. The molecule has 4 rings (SSSR count). The van der Waals surface area contributed by atoms with Gasteiger partial charge in [-0.05, 0) is 12.8 Å². The molecule has 2 aromatic rings. The fraction of sp³-hybridized carbons (Fsp3) is 0.381. The molecule has 0 unspecified atom stereocenters. The van der Waals surface area contributed by atoms with E-state index in [2.05, 4.69) is 5.32 Å². The topological polar surface area (TPSA) is 91.6 Å². The first-order valence-electron chi connectivity index (χ1n) is 9.97. The van der Waals surface area contributed by atoms with E-state index in [1.165, 1.54) is 9.47 Å². The zero-order valence-electron chi connectivity index (χ0n) is 16.7. The van der Waals surface area contributed by atoms with E-state index in [1.54, 1.807) is 0 Å². The van der Waals surface area contributed by atoms with E-state index in [1.807, 2.05) is 0 Å². The number of fused-ring (bicyclic) bond motifs is 4. The fourth-order valence-electron chi connectivity index (χ4n) is 4.29. The summed E-state index contributed by atoms with van der Waals surface area (Å²) in [6.07, 6.45) is 2.10. The molecular weight excluding hydrogens is 434 g/mol. The summed E-state index contributed by atoms with van der Waals surface area (Å²) in [5.74, 6) is -6.67. The Kier molecular flexibility index (Phi) is 5.66. The Balaban J connectivity index is 1.70. The molecule has 0 saturated carbocycles. The number of alkyl halides is 1. The monoisotopic (exact) mass is 453 g/mol. The van der Waals surface area contributed by atoms with Crippen LogP contribution in [0.4, 0.5) is 17.6 Å². The zero-order chi connectivity index (χ0) is 23.2. The van der Waals surface area contributed by atoms with Crippen LogP contribution in [0.3, 0.4) is 0 Å². The molecule has 2 N–H and O–H groups in total.